The quantitative estimate of drug-likeness (QED) is 0.600. The number of benzene rings is 1. The number of carbonyl (C=O) groups is 2. The minimum Gasteiger partial charge on any atom is -0.497 e. The molecule has 1 aliphatic rings. The second-order valence-electron chi connectivity index (χ2n) is 3.62. The third-order valence-corrected chi connectivity index (χ3v) is 3.08. The molecule has 2 amide bonds. The molecule has 19 heavy (non-hydrogen) atoms. The van der Waals surface area contributed by atoms with E-state index in [1.165, 1.54) is 31.4 Å². The first kappa shape index (κ1) is 15.1. The van der Waals surface area contributed by atoms with Crippen molar-refractivity contribution in [2.75, 3.05) is 7.11 Å². The van der Waals surface area contributed by atoms with E-state index in [1.54, 1.807) is 0 Å². The number of methoxy groups -OCH3 is 1. The second kappa shape index (κ2) is 6.30. The van der Waals surface area contributed by atoms with Crippen LogP contribution in [0.15, 0.2) is 29.2 Å². The van der Waals surface area contributed by atoms with Gasteiger partial charge in [-0.05, 0) is 24.3 Å². The molecule has 8 heteroatoms. The van der Waals surface area contributed by atoms with Crippen LogP contribution in [0.25, 0.3) is 0 Å². The predicted octanol–water partition coefficient (Wildman–Crippen LogP) is 0.365. The molecule has 0 bridgehead atoms. The van der Waals surface area contributed by atoms with Crippen molar-refractivity contribution in [3.63, 3.8) is 0 Å². The first-order chi connectivity index (χ1) is 8.82. The van der Waals surface area contributed by atoms with Crippen LogP contribution in [0.4, 0.5) is 0 Å². The molecule has 1 aliphatic heterocycles. The van der Waals surface area contributed by atoms with E-state index in [4.69, 9.17) is 9.29 Å². The Morgan fingerprint density at radius 2 is 1.58 bits per heavy atom. The van der Waals surface area contributed by atoms with E-state index in [-0.39, 0.29) is 16.7 Å². The molecule has 104 valence electrons. The first-order valence-electron chi connectivity index (χ1n) is 5.27. The lowest BCUT2D eigenvalue weighted by atomic mass is 10.3. The number of amides is 2. The van der Waals surface area contributed by atoms with Crippen molar-refractivity contribution in [3.8, 4) is 5.75 Å². The summed E-state index contributed by atoms with van der Waals surface area (Å²) in [7, 11) is -2.61. The minimum absolute atomic E-state index is 0.136. The summed E-state index contributed by atoms with van der Waals surface area (Å²) in [6.45, 7) is 0. The van der Waals surface area contributed by atoms with Crippen molar-refractivity contribution in [1.82, 2.24) is 5.32 Å². The number of hydrogen-bond acceptors (Lipinski definition) is 5. The van der Waals surface area contributed by atoms with Gasteiger partial charge in [-0.2, -0.15) is 8.42 Å². The number of carbonyl (C=O) groups excluding carboxylic acids is 2. The van der Waals surface area contributed by atoms with Crippen molar-refractivity contribution in [1.29, 1.82) is 0 Å². The zero-order chi connectivity index (χ0) is 14.5. The minimum atomic E-state index is -4.08. The maximum atomic E-state index is 10.5. The molecular formula is C11H13NO6S. The van der Waals surface area contributed by atoms with Gasteiger partial charge >= 0.3 is 0 Å². The van der Waals surface area contributed by atoms with Crippen LogP contribution in [0.3, 0.4) is 0 Å². The molecule has 1 fully saturated rings. The van der Waals surface area contributed by atoms with Gasteiger partial charge in [-0.25, -0.2) is 0 Å². The zero-order valence-corrected chi connectivity index (χ0v) is 10.9. The summed E-state index contributed by atoms with van der Waals surface area (Å²) in [6.07, 6.45) is 0.748. The Labute approximate surface area is 110 Å². The van der Waals surface area contributed by atoms with E-state index in [9.17, 15) is 18.0 Å². The number of hydrogen-bond donors (Lipinski definition) is 2. The Bertz CT molecular complexity index is 549. The normalized spacial score (nSPS) is 14.4. The average Bonchev–Trinajstić information content (AvgIpc) is 2.73. The molecule has 0 saturated carbocycles. The molecule has 0 spiro atoms. The number of rotatable bonds is 2. The lowest BCUT2D eigenvalue weighted by Gasteiger charge is -1.99. The van der Waals surface area contributed by atoms with Gasteiger partial charge in [-0.1, -0.05) is 0 Å². The Kier molecular flexibility index (Phi) is 5.02. The highest BCUT2D eigenvalue weighted by Gasteiger charge is 2.15. The van der Waals surface area contributed by atoms with Crippen LogP contribution in [0.1, 0.15) is 12.8 Å². The molecule has 7 nitrogen and oxygen atoms in total. The summed E-state index contributed by atoms with van der Waals surface area (Å²) < 4.78 is 34.5. The van der Waals surface area contributed by atoms with Crippen molar-refractivity contribution in [2.24, 2.45) is 0 Å². The van der Waals surface area contributed by atoms with Crippen molar-refractivity contribution in [2.45, 2.75) is 17.7 Å². The summed E-state index contributed by atoms with van der Waals surface area (Å²) in [6, 6.07) is 5.47. The van der Waals surface area contributed by atoms with Crippen LogP contribution in [0.5, 0.6) is 5.75 Å². The van der Waals surface area contributed by atoms with E-state index < -0.39 is 10.1 Å². The predicted molar refractivity (Wildman–Crippen MR) is 65.2 cm³/mol. The van der Waals surface area contributed by atoms with E-state index in [0.29, 0.717) is 18.6 Å². The standard InChI is InChI=1S/C7H8O4S.C4H5NO2/c1-11-6-2-4-7(5-3-6)12(8,9)10;6-3-1-2-4(7)5-3/h2-5H,1H3,(H,8,9,10);1-2H2,(H,5,6,7). The molecule has 1 aromatic carbocycles. The van der Waals surface area contributed by atoms with Gasteiger partial charge in [0.2, 0.25) is 11.8 Å². The lowest BCUT2D eigenvalue weighted by Crippen LogP contribution is -2.18. The molecule has 2 rings (SSSR count). The van der Waals surface area contributed by atoms with Gasteiger partial charge in [0, 0.05) is 12.8 Å². The maximum Gasteiger partial charge on any atom is 0.294 e. The Morgan fingerprint density at radius 3 is 1.84 bits per heavy atom. The fourth-order valence-electron chi connectivity index (χ4n) is 1.26. The summed E-state index contributed by atoms with van der Waals surface area (Å²) in [5, 5.41) is 2.14. The average molecular weight is 287 g/mol. The Morgan fingerprint density at radius 1 is 1.11 bits per heavy atom. The zero-order valence-electron chi connectivity index (χ0n) is 10.1. The van der Waals surface area contributed by atoms with E-state index in [1.807, 2.05) is 0 Å². The van der Waals surface area contributed by atoms with E-state index in [0.717, 1.165) is 0 Å². The molecule has 1 saturated heterocycles. The molecule has 0 aromatic heterocycles. The highest BCUT2D eigenvalue weighted by Crippen LogP contribution is 2.14. The summed E-state index contributed by atoms with van der Waals surface area (Å²) in [4.78, 5) is 20.1. The molecule has 2 N–H and O–H groups in total. The monoisotopic (exact) mass is 287 g/mol. The van der Waals surface area contributed by atoms with E-state index >= 15 is 0 Å². The number of ether oxygens (including phenoxy) is 1. The van der Waals surface area contributed by atoms with E-state index in [2.05, 4.69) is 5.32 Å². The third kappa shape index (κ3) is 5.06. The highest BCUT2D eigenvalue weighted by atomic mass is 32.2. The van der Waals surface area contributed by atoms with Crippen LogP contribution in [0.2, 0.25) is 0 Å². The molecule has 0 radical (unpaired) electrons. The Hall–Kier alpha value is -1.93. The van der Waals surface area contributed by atoms with Crippen molar-refractivity contribution >= 4 is 21.9 Å². The van der Waals surface area contributed by atoms with Crippen LogP contribution in [0, 0.1) is 0 Å². The maximum absolute atomic E-state index is 10.5. The smallest absolute Gasteiger partial charge is 0.294 e. The van der Waals surface area contributed by atoms with Gasteiger partial charge in [0.25, 0.3) is 10.1 Å². The van der Waals surface area contributed by atoms with Crippen LogP contribution in [-0.4, -0.2) is 31.9 Å². The van der Waals surface area contributed by atoms with Gasteiger partial charge < -0.3 is 4.74 Å². The summed E-state index contributed by atoms with van der Waals surface area (Å²) in [5.41, 5.74) is 0. The number of imide groups is 1. The van der Waals surface area contributed by atoms with Crippen LogP contribution >= 0.6 is 0 Å². The van der Waals surface area contributed by atoms with Gasteiger partial charge in [0.15, 0.2) is 0 Å². The topological polar surface area (TPSA) is 110 Å². The number of nitrogens with one attached hydrogen (secondary N) is 1. The SMILES string of the molecule is COc1ccc(S(=O)(=O)O)cc1.O=C1CCC(=O)N1. The fraction of sp³-hybridized carbons (Fsp3) is 0.273. The molecular weight excluding hydrogens is 274 g/mol. The van der Waals surface area contributed by atoms with Crippen LogP contribution < -0.4 is 10.1 Å². The van der Waals surface area contributed by atoms with Crippen molar-refractivity contribution < 1.29 is 27.3 Å². The first-order valence-corrected chi connectivity index (χ1v) is 6.71. The summed E-state index contributed by atoms with van der Waals surface area (Å²) in [5.74, 6) is 0.248. The fourth-order valence-corrected chi connectivity index (χ4v) is 1.74. The largest absolute Gasteiger partial charge is 0.497 e. The third-order valence-electron chi connectivity index (χ3n) is 2.22. The van der Waals surface area contributed by atoms with Gasteiger partial charge in [-0.15, -0.1) is 0 Å². The summed E-state index contributed by atoms with van der Waals surface area (Å²) >= 11 is 0. The molecule has 0 aliphatic carbocycles. The van der Waals surface area contributed by atoms with Crippen LogP contribution in [-0.2, 0) is 19.7 Å². The Balaban J connectivity index is 0.000000218. The molecule has 1 heterocycles. The molecule has 0 atom stereocenters. The molecule has 1 aromatic rings. The second-order valence-corrected chi connectivity index (χ2v) is 5.04. The van der Waals surface area contributed by atoms with Gasteiger partial charge in [0.05, 0.1) is 12.0 Å². The van der Waals surface area contributed by atoms with Gasteiger partial charge in [-0.3, -0.25) is 19.5 Å². The van der Waals surface area contributed by atoms with Gasteiger partial charge in [0.1, 0.15) is 5.75 Å². The lowest BCUT2D eigenvalue weighted by molar-refractivity contribution is -0.124. The molecule has 0 unspecified atom stereocenters. The highest BCUT2D eigenvalue weighted by molar-refractivity contribution is 7.85. The van der Waals surface area contributed by atoms with Crippen molar-refractivity contribution in [3.05, 3.63) is 24.3 Å².